The van der Waals surface area contributed by atoms with Crippen molar-refractivity contribution in [3.05, 3.63) is 109 Å². The molecule has 344 valence electrons. The Morgan fingerprint density at radius 1 is 0.508 bits per heavy atom. The predicted octanol–water partition coefficient (Wildman–Crippen LogP) is 11.9. The normalized spacial score (nSPS) is 13.9. The van der Waals surface area contributed by atoms with Crippen molar-refractivity contribution in [1.29, 1.82) is 0 Å². The molecule has 0 bridgehead atoms. The van der Waals surface area contributed by atoms with Crippen LogP contribution in [-0.2, 0) is 28.6 Å². The van der Waals surface area contributed by atoms with Gasteiger partial charge in [-0.25, -0.2) is 0 Å². The second-order valence-corrected chi connectivity index (χ2v) is 16.4. The van der Waals surface area contributed by atoms with Crippen LogP contribution in [0.3, 0.4) is 0 Å². The van der Waals surface area contributed by atoms with E-state index in [0.717, 1.165) is 64.2 Å². The van der Waals surface area contributed by atoms with E-state index in [2.05, 4.69) is 62.5 Å². The van der Waals surface area contributed by atoms with Crippen LogP contribution in [0, 0.1) is 0 Å². The van der Waals surface area contributed by atoms with E-state index in [4.69, 9.17) is 14.2 Å². The molecule has 0 saturated heterocycles. The van der Waals surface area contributed by atoms with Crippen molar-refractivity contribution >= 4 is 17.9 Å². The summed E-state index contributed by atoms with van der Waals surface area (Å²) in [5, 5.41) is 11.6. The quantitative estimate of drug-likeness (QED) is 0.0199. The molecular formula is C53H85NO7. The number of likely N-dealkylation sites (N-methyl/N-ethyl adjacent to an activating group) is 1. The Morgan fingerprint density at radius 3 is 1.49 bits per heavy atom. The van der Waals surface area contributed by atoms with Crippen LogP contribution < -0.4 is 5.11 Å². The van der Waals surface area contributed by atoms with Gasteiger partial charge in [-0.3, -0.25) is 9.59 Å². The number of rotatable bonds is 40. The molecule has 61 heavy (non-hydrogen) atoms. The molecule has 2 atom stereocenters. The number of carboxylic acid groups (broad SMARTS) is 1. The highest BCUT2D eigenvalue weighted by Crippen LogP contribution is 2.14. The summed E-state index contributed by atoms with van der Waals surface area (Å²) in [5.41, 5.74) is 0. The average Bonchev–Trinajstić information content (AvgIpc) is 3.22. The van der Waals surface area contributed by atoms with E-state index in [1.807, 2.05) is 60.8 Å². The summed E-state index contributed by atoms with van der Waals surface area (Å²) in [7, 11) is 5.38. The largest absolute Gasteiger partial charge is 0.544 e. The Hall–Kier alpha value is -4.01. The number of ether oxygens (including phenoxy) is 3. The maximum absolute atomic E-state index is 12.8. The Labute approximate surface area is 372 Å². The highest BCUT2D eigenvalue weighted by molar-refractivity contribution is 5.70. The minimum Gasteiger partial charge on any atom is -0.544 e. The molecule has 8 heteroatoms. The van der Waals surface area contributed by atoms with Gasteiger partial charge in [0.05, 0.1) is 40.3 Å². The minimum atomic E-state index is -1.14. The van der Waals surface area contributed by atoms with Crippen LogP contribution in [0.1, 0.15) is 155 Å². The Morgan fingerprint density at radius 2 is 0.951 bits per heavy atom. The summed E-state index contributed by atoms with van der Waals surface area (Å²) >= 11 is 0. The summed E-state index contributed by atoms with van der Waals surface area (Å²) in [6.07, 6.45) is 58.3. The van der Waals surface area contributed by atoms with Gasteiger partial charge in [-0.05, 0) is 64.2 Å². The summed E-state index contributed by atoms with van der Waals surface area (Å²) in [6, 6.07) is -0.741. The highest BCUT2D eigenvalue weighted by Gasteiger charge is 2.25. The van der Waals surface area contributed by atoms with E-state index < -0.39 is 18.1 Å². The SMILES string of the molecule is CC/C=C/C=C/C=C/C=C/C=C/C=C/CCCCCC(=O)OCC(COCCC(C(=O)[O-])[N+](C)(C)C)OC(=O)CCCCCCCCCCCC/C=C/C/C=C/C/C=C/CC. The Kier molecular flexibility index (Phi) is 39.9. The lowest BCUT2D eigenvalue weighted by atomic mass is 10.0. The third-order valence-corrected chi connectivity index (χ3v) is 9.82. The van der Waals surface area contributed by atoms with Gasteiger partial charge in [-0.2, -0.15) is 0 Å². The molecule has 0 aliphatic carbocycles. The molecule has 0 aromatic heterocycles. The van der Waals surface area contributed by atoms with Crippen LogP contribution in [0.4, 0.5) is 0 Å². The molecule has 0 fully saturated rings. The van der Waals surface area contributed by atoms with E-state index in [9.17, 15) is 19.5 Å². The van der Waals surface area contributed by atoms with Crippen LogP contribution in [0.2, 0.25) is 0 Å². The van der Waals surface area contributed by atoms with Gasteiger partial charge in [0, 0.05) is 19.3 Å². The molecule has 0 aromatic carbocycles. The van der Waals surface area contributed by atoms with Gasteiger partial charge in [-0.1, -0.05) is 181 Å². The highest BCUT2D eigenvalue weighted by atomic mass is 16.6. The van der Waals surface area contributed by atoms with Gasteiger partial charge >= 0.3 is 11.9 Å². The molecule has 0 rings (SSSR count). The lowest BCUT2D eigenvalue weighted by Gasteiger charge is -2.34. The van der Waals surface area contributed by atoms with Gasteiger partial charge in [0.15, 0.2) is 6.10 Å². The van der Waals surface area contributed by atoms with E-state index in [1.54, 1.807) is 21.1 Å². The predicted molar refractivity (Wildman–Crippen MR) is 254 cm³/mol. The van der Waals surface area contributed by atoms with Crippen LogP contribution in [-0.4, -0.2) is 75.5 Å². The van der Waals surface area contributed by atoms with E-state index in [1.165, 1.54) is 51.4 Å². The molecule has 0 heterocycles. The summed E-state index contributed by atoms with van der Waals surface area (Å²) < 4.78 is 17.1. The molecule has 8 nitrogen and oxygen atoms in total. The van der Waals surface area contributed by atoms with Crippen molar-refractivity contribution in [2.24, 2.45) is 0 Å². The van der Waals surface area contributed by atoms with Gasteiger partial charge in [0.1, 0.15) is 12.6 Å². The standard InChI is InChI=1S/C53H85NO7/c1-6-8-10-12-14-16-18-20-22-24-25-26-28-30-32-34-36-38-40-42-44-52(56)61-49(47-59-46-45-50(53(57)58)54(3,4)5)48-60-51(55)43-41-39-37-35-33-31-29-27-23-21-19-17-15-13-11-9-7-2/h8-11,13-17,19-23,27,29,31,33,49-50H,6-7,12,18,24-26,28,30,32,34-48H2,1-5H3/b10-8+,11-9+,15-13+,16-14+,19-17+,22-20+,23-21+,29-27+,33-31+. The zero-order valence-electron chi connectivity index (χ0n) is 39.0. The number of allylic oxidation sites excluding steroid dienone is 18. The van der Waals surface area contributed by atoms with Crippen LogP contribution in [0.5, 0.6) is 0 Å². The van der Waals surface area contributed by atoms with Gasteiger partial charge in [0.2, 0.25) is 0 Å². The minimum absolute atomic E-state index is 0.0171. The number of carbonyl (C=O) groups is 3. The maximum atomic E-state index is 12.8. The molecule has 0 aromatic rings. The number of nitrogens with zero attached hydrogens (tertiary/aromatic N) is 1. The van der Waals surface area contributed by atoms with Gasteiger partial charge in [0.25, 0.3) is 0 Å². The fourth-order valence-electron chi connectivity index (χ4n) is 6.23. The summed E-state index contributed by atoms with van der Waals surface area (Å²) in [6.45, 7) is 4.34. The second kappa shape index (κ2) is 42.7. The summed E-state index contributed by atoms with van der Waals surface area (Å²) in [5.74, 6) is -1.81. The third kappa shape index (κ3) is 41.1. The number of hydrogen-bond donors (Lipinski definition) is 0. The fraction of sp³-hybridized carbons (Fsp3) is 0.604. The molecule has 0 aliphatic heterocycles. The number of carbonyl (C=O) groups excluding carboxylic acids is 3. The molecular weight excluding hydrogens is 763 g/mol. The fourth-order valence-corrected chi connectivity index (χ4v) is 6.23. The number of carboxylic acids is 1. The second-order valence-electron chi connectivity index (χ2n) is 16.4. The molecule has 0 N–H and O–H groups in total. The maximum Gasteiger partial charge on any atom is 0.306 e. The molecule has 0 amide bonds. The monoisotopic (exact) mass is 848 g/mol. The molecule has 0 aliphatic rings. The topological polar surface area (TPSA) is 102 Å². The molecule has 0 saturated carbocycles. The van der Waals surface area contributed by atoms with Gasteiger partial charge in [-0.15, -0.1) is 0 Å². The number of unbranched alkanes of at least 4 members (excludes halogenated alkanes) is 13. The van der Waals surface area contributed by atoms with Crippen molar-refractivity contribution < 1.29 is 38.2 Å². The van der Waals surface area contributed by atoms with Crippen LogP contribution in [0.15, 0.2) is 109 Å². The first-order valence-electron chi connectivity index (χ1n) is 23.5. The first-order valence-corrected chi connectivity index (χ1v) is 23.5. The van der Waals surface area contributed by atoms with Crippen LogP contribution in [0.25, 0.3) is 0 Å². The third-order valence-electron chi connectivity index (χ3n) is 9.82. The van der Waals surface area contributed by atoms with E-state index in [-0.39, 0.29) is 49.1 Å². The Bertz CT molecular complexity index is 1360. The lowest BCUT2D eigenvalue weighted by Crippen LogP contribution is -2.55. The van der Waals surface area contributed by atoms with Crippen molar-refractivity contribution in [3.63, 3.8) is 0 Å². The van der Waals surface area contributed by atoms with Crippen molar-refractivity contribution in [2.45, 2.75) is 167 Å². The number of hydrogen-bond acceptors (Lipinski definition) is 7. The summed E-state index contributed by atoms with van der Waals surface area (Å²) in [4.78, 5) is 36.9. The number of aliphatic carboxylic acids is 1. The molecule has 0 spiro atoms. The molecule has 0 radical (unpaired) electrons. The smallest absolute Gasteiger partial charge is 0.306 e. The number of esters is 2. The Balaban J connectivity index is 4.40. The van der Waals surface area contributed by atoms with Crippen molar-refractivity contribution in [1.82, 2.24) is 0 Å². The first kappa shape index (κ1) is 57.0. The van der Waals surface area contributed by atoms with Crippen LogP contribution >= 0.6 is 0 Å². The van der Waals surface area contributed by atoms with Gasteiger partial charge < -0.3 is 28.6 Å². The zero-order chi connectivity index (χ0) is 44.9. The molecule has 2 unspecified atom stereocenters. The van der Waals surface area contributed by atoms with Crippen molar-refractivity contribution in [3.8, 4) is 0 Å². The average molecular weight is 848 g/mol. The first-order chi connectivity index (χ1) is 29.6. The lowest BCUT2D eigenvalue weighted by molar-refractivity contribution is -0.889. The number of quaternary nitrogens is 1. The van der Waals surface area contributed by atoms with E-state index in [0.29, 0.717) is 12.8 Å². The van der Waals surface area contributed by atoms with E-state index >= 15 is 0 Å². The van der Waals surface area contributed by atoms with Crippen molar-refractivity contribution in [2.75, 3.05) is 41.0 Å². The zero-order valence-corrected chi connectivity index (χ0v) is 39.0.